The van der Waals surface area contributed by atoms with Crippen molar-refractivity contribution < 1.29 is 4.74 Å². The number of ether oxygens (including phenoxy) is 1. The van der Waals surface area contributed by atoms with Gasteiger partial charge in [-0.2, -0.15) is 15.5 Å². The normalized spacial score (nSPS) is 9.50. The van der Waals surface area contributed by atoms with E-state index in [-0.39, 0.29) is 17.3 Å². The minimum absolute atomic E-state index is 0.0510. The first-order valence-corrected chi connectivity index (χ1v) is 4.89. The number of nitrogens with zero attached hydrogens (tertiary/aromatic N) is 5. The molecule has 0 saturated carbocycles. The van der Waals surface area contributed by atoms with Gasteiger partial charge in [0.15, 0.2) is 11.4 Å². The van der Waals surface area contributed by atoms with E-state index in [1.54, 1.807) is 12.1 Å². The molecule has 2 rings (SSSR count). The van der Waals surface area contributed by atoms with Crippen molar-refractivity contribution in [2.24, 2.45) is 0 Å². The Labute approximate surface area is 103 Å². The van der Waals surface area contributed by atoms with Crippen molar-refractivity contribution in [3.63, 3.8) is 0 Å². The standard InChI is InChI=1S/C11H8N6O/c1-18-11-7(14)2-3-10(16-11)17-6-15-8(4-12)9(17)5-13/h2-3,6H,14H2,1H3. The smallest absolute Gasteiger partial charge is 0.238 e. The van der Waals surface area contributed by atoms with E-state index in [1.807, 2.05) is 12.1 Å². The highest BCUT2D eigenvalue weighted by Gasteiger charge is 2.13. The second-order valence-electron chi connectivity index (χ2n) is 3.30. The molecule has 0 aliphatic rings. The molecule has 0 unspecified atom stereocenters. The summed E-state index contributed by atoms with van der Waals surface area (Å²) in [4.78, 5) is 7.96. The number of nitriles is 2. The summed E-state index contributed by atoms with van der Waals surface area (Å²) in [5, 5.41) is 17.8. The van der Waals surface area contributed by atoms with Gasteiger partial charge in [-0.05, 0) is 12.1 Å². The maximum Gasteiger partial charge on any atom is 0.238 e. The fourth-order valence-corrected chi connectivity index (χ4v) is 1.45. The van der Waals surface area contributed by atoms with E-state index in [1.165, 1.54) is 18.0 Å². The van der Waals surface area contributed by atoms with Crippen molar-refractivity contribution >= 4 is 5.69 Å². The van der Waals surface area contributed by atoms with Gasteiger partial charge < -0.3 is 10.5 Å². The highest BCUT2D eigenvalue weighted by atomic mass is 16.5. The average molecular weight is 240 g/mol. The van der Waals surface area contributed by atoms with Crippen molar-refractivity contribution in [1.82, 2.24) is 14.5 Å². The predicted molar refractivity (Wildman–Crippen MR) is 61.8 cm³/mol. The lowest BCUT2D eigenvalue weighted by Crippen LogP contribution is -2.03. The number of imidazole rings is 1. The molecule has 7 heteroatoms. The summed E-state index contributed by atoms with van der Waals surface area (Å²) in [6.07, 6.45) is 1.36. The molecule has 2 aromatic rings. The zero-order valence-corrected chi connectivity index (χ0v) is 9.45. The Morgan fingerprint density at radius 3 is 2.72 bits per heavy atom. The third-order valence-corrected chi connectivity index (χ3v) is 2.29. The third kappa shape index (κ3) is 1.70. The van der Waals surface area contributed by atoms with Crippen LogP contribution < -0.4 is 10.5 Å². The highest BCUT2D eigenvalue weighted by molar-refractivity contribution is 5.52. The number of aromatic nitrogens is 3. The van der Waals surface area contributed by atoms with Crippen molar-refractivity contribution in [2.45, 2.75) is 0 Å². The zero-order chi connectivity index (χ0) is 13.1. The molecule has 0 spiro atoms. The molecule has 88 valence electrons. The van der Waals surface area contributed by atoms with Gasteiger partial charge >= 0.3 is 0 Å². The molecule has 0 bridgehead atoms. The average Bonchev–Trinajstić information content (AvgIpc) is 2.82. The van der Waals surface area contributed by atoms with Crippen LogP contribution in [0.2, 0.25) is 0 Å². The number of nitrogens with two attached hydrogens (primary N) is 1. The van der Waals surface area contributed by atoms with Gasteiger partial charge in [0.2, 0.25) is 5.88 Å². The van der Waals surface area contributed by atoms with Crippen LogP contribution in [0.1, 0.15) is 11.4 Å². The SMILES string of the molecule is COc1nc(-n2cnc(C#N)c2C#N)ccc1N. The fraction of sp³-hybridized carbons (Fsp3) is 0.0909. The molecular weight excluding hydrogens is 232 g/mol. The maximum atomic E-state index is 9.02. The maximum absolute atomic E-state index is 9.02. The van der Waals surface area contributed by atoms with Gasteiger partial charge in [-0.25, -0.2) is 4.98 Å². The minimum atomic E-state index is 0.0510. The monoisotopic (exact) mass is 240 g/mol. The number of pyridine rings is 1. The molecule has 0 aliphatic heterocycles. The van der Waals surface area contributed by atoms with Crippen LogP contribution in [0.15, 0.2) is 18.5 Å². The number of hydrogen-bond acceptors (Lipinski definition) is 6. The summed E-state index contributed by atoms with van der Waals surface area (Å²) in [7, 11) is 1.45. The Kier molecular flexibility index (Phi) is 2.82. The van der Waals surface area contributed by atoms with Crippen LogP contribution in [0.25, 0.3) is 5.82 Å². The number of methoxy groups -OCH3 is 1. The minimum Gasteiger partial charge on any atom is -0.479 e. The fourth-order valence-electron chi connectivity index (χ4n) is 1.45. The second kappa shape index (κ2) is 4.44. The Morgan fingerprint density at radius 2 is 2.11 bits per heavy atom. The first-order chi connectivity index (χ1) is 8.71. The molecule has 18 heavy (non-hydrogen) atoms. The van der Waals surface area contributed by atoms with Gasteiger partial charge in [-0.1, -0.05) is 0 Å². The van der Waals surface area contributed by atoms with Crippen LogP contribution in [0.3, 0.4) is 0 Å². The summed E-state index contributed by atoms with van der Waals surface area (Å²) in [6, 6.07) is 6.97. The summed E-state index contributed by atoms with van der Waals surface area (Å²) in [6.45, 7) is 0. The van der Waals surface area contributed by atoms with Crippen molar-refractivity contribution in [2.75, 3.05) is 12.8 Å². The number of hydrogen-bond donors (Lipinski definition) is 1. The molecule has 0 aromatic carbocycles. The van der Waals surface area contributed by atoms with Crippen LogP contribution >= 0.6 is 0 Å². The molecule has 7 nitrogen and oxygen atoms in total. The van der Waals surface area contributed by atoms with Gasteiger partial charge in [-0.15, -0.1) is 0 Å². The number of anilines is 1. The molecule has 0 fully saturated rings. The first-order valence-electron chi connectivity index (χ1n) is 4.89. The summed E-state index contributed by atoms with van der Waals surface area (Å²) in [5.74, 6) is 0.662. The van der Waals surface area contributed by atoms with Gasteiger partial charge in [0.05, 0.1) is 12.8 Å². The van der Waals surface area contributed by atoms with Gasteiger partial charge in [-0.3, -0.25) is 4.57 Å². The van der Waals surface area contributed by atoms with E-state index in [0.717, 1.165) is 0 Å². The van der Waals surface area contributed by atoms with Gasteiger partial charge in [0.25, 0.3) is 0 Å². The molecule has 0 saturated heterocycles. The topological polar surface area (TPSA) is 114 Å². The lowest BCUT2D eigenvalue weighted by atomic mass is 10.3. The quantitative estimate of drug-likeness (QED) is 0.822. The molecule has 2 aromatic heterocycles. The van der Waals surface area contributed by atoms with Crippen molar-refractivity contribution in [3.8, 4) is 23.8 Å². The van der Waals surface area contributed by atoms with Crippen LogP contribution in [-0.4, -0.2) is 21.6 Å². The lowest BCUT2D eigenvalue weighted by Gasteiger charge is -2.07. The van der Waals surface area contributed by atoms with E-state index >= 15 is 0 Å². The van der Waals surface area contributed by atoms with Gasteiger partial charge in [0.1, 0.15) is 24.3 Å². The first kappa shape index (κ1) is 11.4. The van der Waals surface area contributed by atoms with E-state index < -0.39 is 0 Å². The van der Waals surface area contributed by atoms with E-state index in [2.05, 4.69) is 9.97 Å². The Hall–Kier alpha value is -3.06. The highest BCUT2D eigenvalue weighted by Crippen LogP contribution is 2.21. The molecule has 0 radical (unpaired) electrons. The number of rotatable bonds is 2. The van der Waals surface area contributed by atoms with Crippen LogP contribution in [-0.2, 0) is 0 Å². The second-order valence-corrected chi connectivity index (χ2v) is 3.30. The van der Waals surface area contributed by atoms with E-state index in [4.69, 9.17) is 21.0 Å². The molecule has 2 N–H and O–H groups in total. The Balaban J connectivity index is 2.60. The molecule has 0 aliphatic carbocycles. The Morgan fingerprint density at radius 1 is 1.33 bits per heavy atom. The largest absolute Gasteiger partial charge is 0.479 e. The predicted octanol–water partition coefficient (Wildman–Crippen LogP) is 0.601. The number of nitrogen functional groups attached to an aromatic ring is 1. The molecule has 2 heterocycles. The summed E-state index contributed by atoms with van der Waals surface area (Å²) >= 11 is 0. The van der Waals surface area contributed by atoms with E-state index in [9.17, 15) is 0 Å². The van der Waals surface area contributed by atoms with Crippen molar-refractivity contribution in [1.29, 1.82) is 10.5 Å². The van der Waals surface area contributed by atoms with Crippen LogP contribution in [0, 0.1) is 22.7 Å². The van der Waals surface area contributed by atoms with Crippen LogP contribution in [0.4, 0.5) is 5.69 Å². The zero-order valence-electron chi connectivity index (χ0n) is 9.45. The van der Waals surface area contributed by atoms with E-state index in [0.29, 0.717) is 11.5 Å². The molecule has 0 amide bonds. The van der Waals surface area contributed by atoms with Crippen molar-refractivity contribution in [3.05, 3.63) is 29.8 Å². The molecular formula is C11H8N6O. The Bertz CT molecular complexity index is 676. The lowest BCUT2D eigenvalue weighted by molar-refractivity contribution is 0.399. The summed E-state index contributed by atoms with van der Waals surface area (Å²) in [5.41, 5.74) is 6.21. The van der Waals surface area contributed by atoms with Gasteiger partial charge in [0, 0.05) is 0 Å². The molecule has 0 atom stereocenters. The van der Waals surface area contributed by atoms with Crippen LogP contribution in [0.5, 0.6) is 5.88 Å². The third-order valence-electron chi connectivity index (χ3n) is 2.29. The summed E-state index contributed by atoms with van der Waals surface area (Å²) < 4.78 is 6.40.